The summed E-state index contributed by atoms with van der Waals surface area (Å²) in [6, 6.07) is 13.7. The van der Waals surface area contributed by atoms with Gasteiger partial charge in [0.1, 0.15) is 0 Å². The standard InChI is InChI=1S/C15H13BrN2OS/c16-13(9-12-5-2-1-3-6-12)11-17-18-15(19)10-14-7-4-8-20-14/h1-9,11H,10H2,(H,18,19)/b13-9-,17-11?. The normalized spacial score (nSPS) is 11.8. The zero-order valence-corrected chi connectivity index (χ0v) is 13.0. The Labute approximate surface area is 130 Å². The number of carbonyl (C=O) groups excluding carboxylic acids is 1. The average Bonchev–Trinajstić information content (AvgIpc) is 2.92. The summed E-state index contributed by atoms with van der Waals surface area (Å²) in [5.74, 6) is -0.122. The van der Waals surface area contributed by atoms with Gasteiger partial charge in [-0.3, -0.25) is 4.79 Å². The molecule has 1 aromatic carbocycles. The fourth-order valence-corrected chi connectivity index (χ4v) is 2.59. The quantitative estimate of drug-likeness (QED) is 0.647. The van der Waals surface area contributed by atoms with E-state index in [1.54, 1.807) is 17.6 Å². The number of hydrazone groups is 1. The maximum Gasteiger partial charge on any atom is 0.245 e. The molecule has 1 N–H and O–H groups in total. The summed E-state index contributed by atoms with van der Waals surface area (Å²) < 4.78 is 0.792. The molecule has 0 aliphatic carbocycles. The predicted octanol–water partition coefficient (Wildman–Crippen LogP) is 3.83. The van der Waals surface area contributed by atoms with Crippen molar-refractivity contribution in [3.63, 3.8) is 0 Å². The Hall–Kier alpha value is -1.72. The van der Waals surface area contributed by atoms with E-state index < -0.39 is 0 Å². The molecular weight excluding hydrogens is 336 g/mol. The van der Waals surface area contributed by atoms with Gasteiger partial charge < -0.3 is 0 Å². The van der Waals surface area contributed by atoms with Crippen LogP contribution in [0.5, 0.6) is 0 Å². The zero-order valence-electron chi connectivity index (χ0n) is 10.6. The predicted molar refractivity (Wildman–Crippen MR) is 88.0 cm³/mol. The Kier molecular flexibility index (Phi) is 5.70. The monoisotopic (exact) mass is 348 g/mol. The average molecular weight is 349 g/mol. The van der Waals surface area contributed by atoms with Crippen molar-refractivity contribution in [2.45, 2.75) is 6.42 Å². The van der Waals surface area contributed by atoms with Crippen LogP contribution in [0, 0.1) is 0 Å². The number of rotatable bonds is 5. The first-order valence-electron chi connectivity index (χ1n) is 6.00. The summed E-state index contributed by atoms with van der Waals surface area (Å²) in [6.45, 7) is 0. The van der Waals surface area contributed by atoms with Gasteiger partial charge in [-0.1, -0.05) is 36.4 Å². The Morgan fingerprint density at radius 3 is 2.75 bits per heavy atom. The van der Waals surface area contributed by atoms with Crippen molar-refractivity contribution in [3.05, 3.63) is 62.8 Å². The fraction of sp³-hybridized carbons (Fsp3) is 0.0667. The highest BCUT2D eigenvalue weighted by atomic mass is 79.9. The molecule has 1 heterocycles. The molecule has 2 rings (SSSR count). The molecule has 0 aliphatic rings. The summed E-state index contributed by atoms with van der Waals surface area (Å²) in [5, 5.41) is 5.86. The van der Waals surface area contributed by atoms with Crippen LogP contribution in [0.4, 0.5) is 0 Å². The number of hydrogen-bond donors (Lipinski definition) is 1. The summed E-state index contributed by atoms with van der Waals surface area (Å²) >= 11 is 4.95. The lowest BCUT2D eigenvalue weighted by atomic mass is 10.2. The van der Waals surface area contributed by atoms with E-state index in [1.165, 1.54) is 0 Å². The van der Waals surface area contributed by atoms with Crippen LogP contribution in [-0.4, -0.2) is 12.1 Å². The van der Waals surface area contributed by atoms with Crippen LogP contribution in [0.15, 0.2) is 57.4 Å². The second kappa shape index (κ2) is 7.77. The summed E-state index contributed by atoms with van der Waals surface area (Å²) in [5.41, 5.74) is 3.57. The van der Waals surface area contributed by atoms with E-state index in [1.807, 2.05) is 53.9 Å². The fourth-order valence-electron chi connectivity index (χ4n) is 1.52. The van der Waals surface area contributed by atoms with Gasteiger partial charge in [0.25, 0.3) is 0 Å². The molecule has 0 radical (unpaired) electrons. The van der Waals surface area contributed by atoms with E-state index in [4.69, 9.17) is 0 Å². The molecule has 0 unspecified atom stereocenters. The molecule has 0 fully saturated rings. The summed E-state index contributed by atoms with van der Waals surface area (Å²) in [4.78, 5) is 12.6. The van der Waals surface area contributed by atoms with Crippen LogP contribution >= 0.6 is 27.3 Å². The van der Waals surface area contributed by atoms with Gasteiger partial charge in [0.2, 0.25) is 5.91 Å². The third kappa shape index (κ3) is 5.11. The number of carbonyl (C=O) groups is 1. The van der Waals surface area contributed by atoms with Crippen LogP contribution in [-0.2, 0) is 11.2 Å². The highest BCUT2D eigenvalue weighted by Gasteiger charge is 2.01. The number of halogens is 1. The first-order valence-corrected chi connectivity index (χ1v) is 7.68. The van der Waals surface area contributed by atoms with Gasteiger partial charge in [-0.05, 0) is 39.0 Å². The SMILES string of the molecule is O=C(Cc1cccs1)NN=C/C(Br)=C/c1ccccc1. The van der Waals surface area contributed by atoms with Crippen molar-refractivity contribution >= 4 is 45.5 Å². The number of nitrogens with one attached hydrogen (secondary N) is 1. The topological polar surface area (TPSA) is 41.5 Å². The molecular formula is C15H13BrN2OS. The number of thiophene rings is 1. The van der Waals surface area contributed by atoms with Crippen molar-refractivity contribution in [2.24, 2.45) is 5.10 Å². The minimum atomic E-state index is -0.122. The highest BCUT2D eigenvalue weighted by molar-refractivity contribution is 9.12. The number of allylic oxidation sites excluding steroid dienone is 1. The Morgan fingerprint density at radius 2 is 2.05 bits per heavy atom. The van der Waals surface area contributed by atoms with Crippen molar-refractivity contribution in [3.8, 4) is 0 Å². The first-order chi connectivity index (χ1) is 9.74. The Bertz CT molecular complexity index is 606. The lowest BCUT2D eigenvalue weighted by Gasteiger charge is -1.97. The van der Waals surface area contributed by atoms with Gasteiger partial charge in [0, 0.05) is 9.36 Å². The van der Waals surface area contributed by atoms with E-state index in [0.29, 0.717) is 6.42 Å². The molecule has 1 aromatic heterocycles. The molecule has 1 amide bonds. The van der Waals surface area contributed by atoms with Gasteiger partial charge in [-0.2, -0.15) is 5.10 Å². The van der Waals surface area contributed by atoms with Crippen LogP contribution in [0.25, 0.3) is 6.08 Å². The maximum absolute atomic E-state index is 11.6. The molecule has 5 heteroatoms. The third-order valence-electron chi connectivity index (χ3n) is 2.40. The van der Waals surface area contributed by atoms with E-state index in [-0.39, 0.29) is 5.91 Å². The smallest absolute Gasteiger partial charge is 0.245 e. The largest absolute Gasteiger partial charge is 0.273 e. The van der Waals surface area contributed by atoms with E-state index in [9.17, 15) is 4.79 Å². The third-order valence-corrected chi connectivity index (χ3v) is 3.71. The molecule has 0 saturated carbocycles. The molecule has 0 saturated heterocycles. The number of hydrogen-bond acceptors (Lipinski definition) is 3. The second-order valence-corrected chi connectivity index (χ2v) is 5.94. The van der Waals surface area contributed by atoms with Gasteiger partial charge in [-0.15, -0.1) is 11.3 Å². The Balaban J connectivity index is 1.84. The van der Waals surface area contributed by atoms with Crippen LogP contribution < -0.4 is 5.43 Å². The maximum atomic E-state index is 11.6. The van der Waals surface area contributed by atoms with Crippen LogP contribution in [0.3, 0.4) is 0 Å². The minimum Gasteiger partial charge on any atom is -0.273 e. The molecule has 0 atom stereocenters. The van der Waals surface area contributed by atoms with Gasteiger partial charge in [-0.25, -0.2) is 5.43 Å². The zero-order chi connectivity index (χ0) is 14.2. The molecule has 20 heavy (non-hydrogen) atoms. The second-order valence-electron chi connectivity index (χ2n) is 3.99. The van der Waals surface area contributed by atoms with Gasteiger partial charge in [0.15, 0.2) is 0 Å². The lowest BCUT2D eigenvalue weighted by Crippen LogP contribution is -2.19. The number of benzene rings is 1. The van der Waals surface area contributed by atoms with E-state index in [0.717, 1.165) is 14.9 Å². The molecule has 3 nitrogen and oxygen atoms in total. The first kappa shape index (κ1) is 14.7. The van der Waals surface area contributed by atoms with Crippen molar-refractivity contribution in [1.82, 2.24) is 5.43 Å². The van der Waals surface area contributed by atoms with Crippen molar-refractivity contribution in [1.29, 1.82) is 0 Å². The summed E-state index contributed by atoms with van der Waals surface area (Å²) in [6.07, 6.45) is 3.85. The molecule has 102 valence electrons. The summed E-state index contributed by atoms with van der Waals surface area (Å²) in [7, 11) is 0. The molecule has 0 spiro atoms. The van der Waals surface area contributed by atoms with Crippen LogP contribution in [0.1, 0.15) is 10.4 Å². The van der Waals surface area contributed by atoms with Crippen molar-refractivity contribution < 1.29 is 4.79 Å². The van der Waals surface area contributed by atoms with Gasteiger partial charge in [0.05, 0.1) is 12.6 Å². The number of nitrogens with zero attached hydrogens (tertiary/aromatic N) is 1. The highest BCUT2D eigenvalue weighted by Crippen LogP contribution is 2.10. The molecule has 0 aliphatic heterocycles. The lowest BCUT2D eigenvalue weighted by molar-refractivity contribution is -0.120. The minimum absolute atomic E-state index is 0.122. The van der Waals surface area contributed by atoms with E-state index >= 15 is 0 Å². The van der Waals surface area contributed by atoms with Gasteiger partial charge >= 0.3 is 0 Å². The number of amides is 1. The molecule has 0 bridgehead atoms. The van der Waals surface area contributed by atoms with Crippen molar-refractivity contribution in [2.75, 3.05) is 0 Å². The van der Waals surface area contributed by atoms with E-state index in [2.05, 4.69) is 26.5 Å². The Morgan fingerprint density at radius 1 is 1.25 bits per heavy atom. The van der Waals surface area contributed by atoms with Crippen LogP contribution in [0.2, 0.25) is 0 Å². The molecule has 2 aromatic rings.